The lowest BCUT2D eigenvalue weighted by molar-refractivity contribution is 0.0643. The molecule has 152 valence electrons. The van der Waals surface area contributed by atoms with Crippen LogP contribution in [0.2, 0.25) is 0 Å². The molecule has 1 saturated heterocycles. The number of benzene rings is 2. The number of carbonyl (C=O) groups excluding carboxylic acids is 1. The topological polar surface area (TPSA) is 69.8 Å². The number of aromatic hydroxyl groups is 1. The molecule has 5 heteroatoms. The first-order valence-corrected chi connectivity index (χ1v) is 9.91. The Kier molecular flexibility index (Phi) is 8.03. The Labute approximate surface area is 168 Å². The average Bonchev–Trinajstić information content (AvgIpc) is 2.66. The Morgan fingerprint density at radius 3 is 2.32 bits per heavy atom. The van der Waals surface area contributed by atoms with E-state index in [1.807, 2.05) is 24.3 Å². The van der Waals surface area contributed by atoms with Crippen molar-refractivity contribution in [2.45, 2.75) is 39.3 Å². The maximum Gasteiger partial charge on any atom is 0.248 e. The molecule has 0 spiro atoms. The molecule has 1 amide bonds. The van der Waals surface area contributed by atoms with Crippen LogP contribution in [0.5, 0.6) is 5.75 Å². The second-order valence-electron chi connectivity index (χ2n) is 7.63. The van der Waals surface area contributed by atoms with Crippen molar-refractivity contribution in [2.75, 3.05) is 26.7 Å². The van der Waals surface area contributed by atoms with E-state index in [9.17, 15) is 9.90 Å². The van der Waals surface area contributed by atoms with Crippen molar-refractivity contribution in [3.05, 3.63) is 65.2 Å². The van der Waals surface area contributed by atoms with Crippen LogP contribution in [-0.4, -0.2) is 59.6 Å². The van der Waals surface area contributed by atoms with Crippen molar-refractivity contribution in [2.24, 2.45) is 5.73 Å². The molecule has 2 aromatic rings. The van der Waals surface area contributed by atoms with Crippen LogP contribution in [0.15, 0.2) is 48.5 Å². The number of amides is 1. The van der Waals surface area contributed by atoms with Gasteiger partial charge in [0.2, 0.25) is 5.91 Å². The molecule has 2 atom stereocenters. The number of primary amides is 1. The molecular weight excluding hydrogens is 350 g/mol. The first-order valence-electron chi connectivity index (χ1n) is 9.91. The van der Waals surface area contributed by atoms with E-state index in [2.05, 4.69) is 37.6 Å². The predicted molar refractivity (Wildman–Crippen MR) is 115 cm³/mol. The van der Waals surface area contributed by atoms with Gasteiger partial charge in [-0.2, -0.15) is 0 Å². The van der Waals surface area contributed by atoms with Gasteiger partial charge < -0.3 is 15.7 Å². The summed E-state index contributed by atoms with van der Waals surface area (Å²) in [5.41, 5.74) is 7.76. The van der Waals surface area contributed by atoms with Gasteiger partial charge in [-0.3, -0.25) is 9.69 Å². The molecule has 0 bridgehead atoms. The maximum atomic E-state index is 10.9. The summed E-state index contributed by atoms with van der Waals surface area (Å²) in [5, 5.41) is 9.35. The molecule has 0 aliphatic carbocycles. The number of phenolic OH excluding ortho intramolecular Hbond substituents is 1. The summed E-state index contributed by atoms with van der Waals surface area (Å²) in [6, 6.07) is 15.7. The van der Waals surface area contributed by atoms with Gasteiger partial charge in [-0.25, -0.2) is 0 Å². The van der Waals surface area contributed by atoms with Crippen molar-refractivity contribution >= 4 is 5.91 Å². The fraction of sp³-hybridized carbons (Fsp3) is 0.435. The van der Waals surface area contributed by atoms with E-state index in [4.69, 9.17) is 5.73 Å². The lowest BCUT2D eigenvalue weighted by Crippen LogP contribution is -2.54. The number of rotatable bonds is 4. The third-order valence-electron chi connectivity index (χ3n) is 5.39. The van der Waals surface area contributed by atoms with E-state index in [0.717, 1.165) is 23.2 Å². The second kappa shape index (κ2) is 10.2. The quantitative estimate of drug-likeness (QED) is 0.851. The highest BCUT2D eigenvalue weighted by Gasteiger charge is 2.24. The van der Waals surface area contributed by atoms with Gasteiger partial charge in [0.05, 0.1) is 0 Å². The fourth-order valence-corrected chi connectivity index (χ4v) is 3.50. The van der Waals surface area contributed by atoms with Crippen molar-refractivity contribution < 1.29 is 9.90 Å². The monoisotopic (exact) mass is 383 g/mol. The van der Waals surface area contributed by atoms with Crippen molar-refractivity contribution in [1.82, 2.24) is 9.80 Å². The minimum atomic E-state index is -0.422. The minimum Gasteiger partial charge on any atom is -0.508 e. The number of likely N-dealkylation sites (N-methyl/N-ethyl adjacent to an activating group) is 2. The number of piperazine rings is 1. The molecular formula is C23H33N3O2. The number of hydrogen-bond donors (Lipinski definition) is 2. The highest BCUT2D eigenvalue weighted by Crippen LogP contribution is 2.15. The number of carbonyl (C=O) groups is 1. The zero-order valence-electron chi connectivity index (χ0n) is 17.4. The van der Waals surface area contributed by atoms with Crippen LogP contribution in [0.1, 0.15) is 42.3 Å². The van der Waals surface area contributed by atoms with E-state index >= 15 is 0 Å². The molecule has 1 aliphatic heterocycles. The Bertz CT molecular complexity index is 761. The van der Waals surface area contributed by atoms with Crippen molar-refractivity contribution in [1.29, 1.82) is 0 Å². The Balaban J connectivity index is 0.000000221. The summed E-state index contributed by atoms with van der Waals surface area (Å²) >= 11 is 0. The zero-order valence-corrected chi connectivity index (χ0v) is 17.4. The van der Waals surface area contributed by atoms with Gasteiger partial charge >= 0.3 is 0 Å². The molecule has 2 aromatic carbocycles. The van der Waals surface area contributed by atoms with E-state index in [1.54, 1.807) is 24.3 Å². The molecule has 3 rings (SSSR count). The van der Waals surface area contributed by atoms with Crippen LogP contribution in [0.3, 0.4) is 0 Å². The lowest BCUT2D eigenvalue weighted by Gasteiger charge is -2.41. The van der Waals surface area contributed by atoms with Crippen LogP contribution >= 0.6 is 0 Å². The van der Waals surface area contributed by atoms with E-state index < -0.39 is 5.91 Å². The standard InChI is InChI=1S/C14H13NO2.C9H20N2/c15-14(17)12-6-4-10(5-7-12)8-11-2-1-3-13(16)9-11;1-5-11-7-8(2)10(4)6-9(11)3/h1-7,9,16H,8H2,(H2,15,17);8-9H,5-7H2,1-4H3/t;8-,9-/m.0/s1. The van der Waals surface area contributed by atoms with Gasteiger partial charge in [0.1, 0.15) is 5.75 Å². The van der Waals surface area contributed by atoms with Gasteiger partial charge in [-0.05, 0) is 69.3 Å². The molecule has 5 nitrogen and oxygen atoms in total. The van der Waals surface area contributed by atoms with Crippen LogP contribution < -0.4 is 5.73 Å². The van der Waals surface area contributed by atoms with Crippen molar-refractivity contribution in [3.63, 3.8) is 0 Å². The van der Waals surface area contributed by atoms with Crippen molar-refractivity contribution in [3.8, 4) is 5.75 Å². The maximum absolute atomic E-state index is 10.9. The Hall–Kier alpha value is -2.37. The van der Waals surface area contributed by atoms with Crippen LogP contribution in [0.4, 0.5) is 0 Å². The van der Waals surface area contributed by atoms with Gasteiger partial charge in [0.15, 0.2) is 0 Å². The molecule has 1 heterocycles. The Morgan fingerprint density at radius 2 is 1.75 bits per heavy atom. The average molecular weight is 384 g/mol. The van der Waals surface area contributed by atoms with E-state index in [0.29, 0.717) is 12.0 Å². The SMILES string of the molecule is CCN1C[C@H](C)N(C)C[C@@H]1C.NC(=O)c1ccc(Cc2cccc(O)c2)cc1. The predicted octanol–water partition coefficient (Wildman–Crippen LogP) is 3.11. The molecule has 0 saturated carbocycles. The highest BCUT2D eigenvalue weighted by molar-refractivity contribution is 5.92. The molecule has 0 unspecified atom stereocenters. The van der Waals surface area contributed by atoms with Gasteiger partial charge in [0, 0.05) is 30.7 Å². The van der Waals surface area contributed by atoms with Gasteiger partial charge in [-0.1, -0.05) is 31.2 Å². The first kappa shape index (κ1) is 21.9. The number of hydrogen-bond acceptors (Lipinski definition) is 4. The molecule has 0 radical (unpaired) electrons. The van der Waals surface area contributed by atoms with E-state index in [1.165, 1.54) is 19.6 Å². The smallest absolute Gasteiger partial charge is 0.248 e. The molecule has 1 fully saturated rings. The molecule has 3 N–H and O–H groups in total. The normalized spacial score (nSPS) is 20.3. The third-order valence-corrected chi connectivity index (χ3v) is 5.39. The van der Waals surface area contributed by atoms with Crippen LogP contribution in [-0.2, 0) is 6.42 Å². The lowest BCUT2D eigenvalue weighted by atomic mass is 10.0. The third kappa shape index (κ3) is 6.36. The number of nitrogens with two attached hydrogens (primary N) is 1. The zero-order chi connectivity index (χ0) is 20.7. The van der Waals surface area contributed by atoms with Gasteiger partial charge in [0.25, 0.3) is 0 Å². The fourth-order valence-electron chi connectivity index (χ4n) is 3.50. The summed E-state index contributed by atoms with van der Waals surface area (Å²) in [6.07, 6.45) is 0.716. The van der Waals surface area contributed by atoms with Crippen LogP contribution in [0.25, 0.3) is 0 Å². The summed E-state index contributed by atoms with van der Waals surface area (Å²) < 4.78 is 0. The number of phenols is 1. The number of nitrogens with zero attached hydrogens (tertiary/aromatic N) is 2. The highest BCUT2D eigenvalue weighted by atomic mass is 16.3. The minimum absolute atomic E-state index is 0.260. The molecule has 0 aromatic heterocycles. The largest absolute Gasteiger partial charge is 0.508 e. The summed E-state index contributed by atoms with van der Waals surface area (Å²) in [6.45, 7) is 10.5. The summed E-state index contributed by atoms with van der Waals surface area (Å²) in [7, 11) is 2.22. The van der Waals surface area contributed by atoms with Gasteiger partial charge in [-0.15, -0.1) is 0 Å². The second-order valence-corrected chi connectivity index (χ2v) is 7.63. The summed E-state index contributed by atoms with van der Waals surface area (Å²) in [5.74, 6) is -0.162. The summed E-state index contributed by atoms with van der Waals surface area (Å²) in [4.78, 5) is 15.9. The molecule has 1 aliphatic rings. The van der Waals surface area contributed by atoms with Crippen LogP contribution in [0, 0.1) is 0 Å². The Morgan fingerprint density at radius 1 is 1.07 bits per heavy atom. The first-order chi connectivity index (χ1) is 13.3. The van der Waals surface area contributed by atoms with E-state index in [-0.39, 0.29) is 5.75 Å². The molecule has 28 heavy (non-hydrogen) atoms.